The summed E-state index contributed by atoms with van der Waals surface area (Å²) < 4.78 is 25.1. The number of nitrogens with zero attached hydrogens (tertiary/aromatic N) is 2. The molecule has 0 atom stereocenters. The lowest BCUT2D eigenvalue weighted by atomic mass is 10.1. The summed E-state index contributed by atoms with van der Waals surface area (Å²) in [6.07, 6.45) is 1.48. The van der Waals surface area contributed by atoms with Crippen LogP contribution >= 0.6 is 0 Å². The van der Waals surface area contributed by atoms with Crippen molar-refractivity contribution in [3.8, 4) is 17.6 Å². The maximum atomic E-state index is 13.8. The van der Waals surface area contributed by atoms with E-state index in [1.165, 1.54) is 12.3 Å². The highest BCUT2D eigenvalue weighted by Gasteiger charge is 2.09. The molecule has 0 spiro atoms. The lowest BCUT2D eigenvalue weighted by molar-refractivity contribution is 0.0955. The second-order valence-corrected chi connectivity index (χ2v) is 6.41. The molecule has 3 aromatic carbocycles. The molecule has 0 saturated heterocycles. The Morgan fingerprint density at radius 3 is 2.58 bits per heavy atom. The number of amides is 1. The van der Waals surface area contributed by atoms with Gasteiger partial charge in [-0.2, -0.15) is 10.4 Å². The van der Waals surface area contributed by atoms with Crippen LogP contribution in [-0.2, 0) is 6.61 Å². The fraction of sp³-hybridized carbons (Fsp3) is 0.125. The number of rotatable bonds is 8. The van der Waals surface area contributed by atoms with Crippen molar-refractivity contribution in [3.05, 3.63) is 94.8 Å². The van der Waals surface area contributed by atoms with Gasteiger partial charge in [-0.15, -0.1) is 0 Å². The Balaban J connectivity index is 1.66. The van der Waals surface area contributed by atoms with E-state index in [0.29, 0.717) is 40.4 Å². The third kappa shape index (κ3) is 5.90. The van der Waals surface area contributed by atoms with E-state index in [9.17, 15) is 9.18 Å². The first kappa shape index (κ1) is 21.5. The molecular formula is C24H20FN3O3. The largest absolute Gasteiger partial charge is 0.490 e. The van der Waals surface area contributed by atoms with Crippen LogP contribution < -0.4 is 14.9 Å². The number of hydrogen-bond acceptors (Lipinski definition) is 5. The maximum absolute atomic E-state index is 13.8. The molecule has 7 heteroatoms. The summed E-state index contributed by atoms with van der Waals surface area (Å²) in [5, 5.41) is 12.8. The summed E-state index contributed by atoms with van der Waals surface area (Å²) in [4.78, 5) is 12.1. The molecule has 6 nitrogen and oxygen atoms in total. The number of carbonyl (C=O) groups is 1. The van der Waals surface area contributed by atoms with Crippen LogP contribution in [0.4, 0.5) is 4.39 Å². The highest BCUT2D eigenvalue weighted by atomic mass is 19.1. The summed E-state index contributed by atoms with van der Waals surface area (Å²) in [5.74, 6) is 0.239. The standard InChI is InChI=1S/C24H20FN3O3/c1-2-30-23-13-18(9-12-22(23)31-16-20-5-3-4-6-21(20)25)15-27-28-24(29)19-10-7-17(14-26)8-11-19/h3-13,15H,2,16H2,1H3,(H,28,29)/b27-15-. The molecule has 0 aliphatic rings. The molecule has 0 heterocycles. The van der Waals surface area contributed by atoms with Gasteiger partial charge in [-0.3, -0.25) is 4.79 Å². The molecule has 31 heavy (non-hydrogen) atoms. The van der Waals surface area contributed by atoms with Crippen molar-refractivity contribution in [2.45, 2.75) is 13.5 Å². The first-order valence-electron chi connectivity index (χ1n) is 9.57. The molecule has 0 bridgehead atoms. The fourth-order valence-corrected chi connectivity index (χ4v) is 2.69. The number of nitrogens with one attached hydrogen (secondary N) is 1. The first-order valence-corrected chi connectivity index (χ1v) is 9.57. The molecule has 156 valence electrons. The van der Waals surface area contributed by atoms with Gasteiger partial charge < -0.3 is 9.47 Å². The average molecular weight is 417 g/mol. The van der Waals surface area contributed by atoms with E-state index in [1.807, 2.05) is 13.0 Å². The van der Waals surface area contributed by atoms with Crippen LogP contribution in [-0.4, -0.2) is 18.7 Å². The van der Waals surface area contributed by atoms with Crippen LogP contribution in [0.3, 0.4) is 0 Å². The van der Waals surface area contributed by atoms with Crippen molar-refractivity contribution in [1.29, 1.82) is 5.26 Å². The topological polar surface area (TPSA) is 83.7 Å². The van der Waals surface area contributed by atoms with Gasteiger partial charge in [0, 0.05) is 11.1 Å². The highest BCUT2D eigenvalue weighted by Crippen LogP contribution is 2.29. The molecule has 1 amide bonds. The minimum Gasteiger partial charge on any atom is -0.490 e. The summed E-state index contributed by atoms with van der Waals surface area (Å²) in [6.45, 7) is 2.34. The van der Waals surface area contributed by atoms with Crippen LogP contribution in [0.1, 0.15) is 34.0 Å². The average Bonchev–Trinajstić information content (AvgIpc) is 2.79. The Morgan fingerprint density at radius 1 is 1.10 bits per heavy atom. The maximum Gasteiger partial charge on any atom is 0.271 e. The smallest absolute Gasteiger partial charge is 0.271 e. The number of carbonyl (C=O) groups excluding carboxylic acids is 1. The minimum absolute atomic E-state index is 0.0703. The molecule has 0 aliphatic heterocycles. The number of benzene rings is 3. The van der Waals surface area contributed by atoms with Gasteiger partial charge in [0.05, 0.1) is 24.5 Å². The third-order valence-electron chi connectivity index (χ3n) is 4.26. The first-order chi connectivity index (χ1) is 15.1. The van der Waals surface area contributed by atoms with Gasteiger partial charge in [-0.1, -0.05) is 18.2 Å². The number of hydrogen-bond donors (Lipinski definition) is 1. The Morgan fingerprint density at radius 2 is 1.87 bits per heavy atom. The summed E-state index contributed by atoms with van der Waals surface area (Å²) in [5.41, 5.74) is 4.43. The Bertz CT molecular complexity index is 1120. The predicted octanol–water partition coefficient (Wildman–Crippen LogP) is 4.44. The van der Waals surface area contributed by atoms with Crippen LogP contribution in [0.2, 0.25) is 0 Å². The number of ether oxygens (including phenoxy) is 2. The van der Waals surface area contributed by atoms with E-state index < -0.39 is 5.91 Å². The molecule has 3 aromatic rings. The zero-order valence-corrected chi connectivity index (χ0v) is 16.8. The van der Waals surface area contributed by atoms with E-state index in [0.717, 1.165) is 0 Å². The van der Waals surface area contributed by atoms with Gasteiger partial charge in [-0.05, 0) is 61.0 Å². The molecule has 0 fully saturated rings. The second kappa shape index (κ2) is 10.6. The third-order valence-corrected chi connectivity index (χ3v) is 4.26. The van der Waals surface area contributed by atoms with Crippen LogP contribution in [0.25, 0.3) is 0 Å². The molecule has 3 rings (SSSR count). The minimum atomic E-state index is -0.393. The Kier molecular flexibility index (Phi) is 7.33. The molecule has 1 N–H and O–H groups in total. The zero-order chi connectivity index (χ0) is 22.1. The number of hydrazone groups is 1. The van der Waals surface area contributed by atoms with Gasteiger partial charge in [0.25, 0.3) is 5.91 Å². The van der Waals surface area contributed by atoms with Crippen LogP contribution in [0.15, 0.2) is 71.8 Å². The van der Waals surface area contributed by atoms with E-state index in [2.05, 4.69) is 10.5 Å². The van der Waals surface area contributed by atoms with E-state index in [4.69, 9.17) is 14.7 Å². The van der Waals surface area contributed by atoms with E-state index in [1.54, 1.807) is 60.7 Å². The van der Waals surface area contributed by atoms with E-state index >= 15 is 0 Å². The Hall–Kier alpha value is -4.18. The van der Waals surface area contributed by atoms with Gasteiger partial charge in [-0.25, -0.2) is 9.82 Å². The van der Waals surface area contributed by atoms with Gasteiger partial charge in [0.15, 0.2) is 11.5 Å². The predicted molar refractivity (Wildman–Crippen MR) is 115 cm³/mol. The van der Waals surface area contributed by atoms with Gasteiger partial charge in [0.1, 0.15) is 12.4 Å². The highest BCUT2D eigenvalue weighted by molar-refractivity contribution is 5.95. The molecule has 0 saturated carbocycles. The molecule has 0 aromatic heterocycles. The van der Waals surface area contributed by atoms with Crippen molar-refractivity contribution in [3.63, 3.8) is 0 Å². The monoisotopic (exact) mass is 417 g/mol. The number of nitriles is 1. The number of halogens is 1. The van der Waals surface area contributed by atoms with Gasteiger partial charge in [0.2, 0.25) is 0 Å². The molecule has 0 aliphatic carbocycles. The zero-order valence-electron chi connectivity index (χ0n) is 16.8. The summed E-state index contributed by atoms with van der Waals surface area (Å²) in [6, 6.07) is 19.8. The Labute approximate surface area is 179 Å². The normalized spacial score (nSPS) is 10.5. The molecular weight excluding hydrogens is 397 g/mol. The SMILES string of the molecule is CCOc1cc(/C=N\NC(=O)c2ccc(C#N)cc2)ccc1OCc1ccccc1F. The van der Waals surface area contributed by atoms with Gasteiger partial charge >= 0.3 is 0 Å². The summed E-state index contributed by atoms with van der Waals surface area (Å²) in [7, 11) is 0. The lowest BCUT2D eigenvalue weighted by Crippen LogP contribution is -2.17. The van der Waals surface area contributed by atoms with Crippen molar-refractivity contribution in [2.75, 3.05) is 6.61 Å². The lowest BCUT2D eigenvalue weighted by Gasteiger charge is -2.13. The quantitative estimate of drug-likeness (QED) is 0.434. The summed E-state index contributed by atoms with van der Waals surface area (Å²) >= 11 is 0. The molecule has 0 radical (unpaired) electrons. The van der Waals surface area contributed by atoms with Crippen molar-refractivity contribution in [1.82, 2.24) is 5.43 Å². The second-order valence-electron chi connectivity index (χ2n) is 6.41. The van der Waals surface area contributed by atoms with Crippen molar-refractivity contribution in [2.24, 2.45) is 5.10 Å². The van der Waals surface area contributed by atoms with Crippen molar-refractivity contribution >= 4 is 12.1 Å². The van der Waals surface area contributed by atoms with E-state index in [-0.39, 0.29) is 12.4 Å². The van der Waals surface area contributed by atoms with Crippen LogP contribution in [0, 0.1) is 17.1 Å². The van der Waals surface area contributed by atoms with Crippen molar-refractivity contribution < 1.29 is 18.7 Å². The fourth-order valence-electron chi connectivity index (χ4n) is 2.69. The van der Waals surface area contributed by atoms with Crippen LogP contribution in [0.5, 0.6) is 11.5 Å². The molecule has 0 unspecified atom stereocenters.